The summed E-state index contributed by atoms with van der Waals surface area (Å²) in [5.74, 6) is 0. The van der Waals surface area contributed by atoms with Crippen molar-refractivity contribution in [3.63, 3.8) is 0 Å². The number of pyridine rings is 1. The fourth-order valence-electron chi connectivity index (χ4n) is 1.98. The quantitative estimate of drug-likeness (QED) is 0.723. The molecule has 100 valence electrons. The molecule has 0 amide bonds. The largest absolute Gasteiger partial charge is 0.348 e. The number of hydrogen-bond acceptors (Lipinski definition) is 4. The van der Waals surface area contributed by atoms with Crippen molar-refractivity contribution < 1.29 is 0 Å². The van der Waals surface area contributed by atoms with Gasteiger partial charge in [-0.05, 0) is 35.0 Å². The second-order valence-electron chi connectivity index (χ2n) is 4.42. The van der Waals surface area contributed by atoms with E-state index in [2.05, 4.69) is 10.3 Å². The molecule has 0 aliphatic rings. The average Bonchev–Trinajstić information content (AvgIpc) is 3.00. The molecule has 2 heterocycles. The molecule has 2 aromatic heterocycles. The third kappa shape index (κ3) is 2.70. The van der Waals surface area contributed by atoms with E-state index in [1.54, 1.807) is 17.5 Å². The summed E-state index contributed by atoms with van der Waals surface area (Å²) in [6.45, 7) is 0. The molecule has 1 unspecified atom stereocenters. The van der Waals surface area contributed by atoms with Crippen LogP contribution in [0.25, 0.3) is 10.8 Å². The van der Waals surface area contributed by atoms with E-state index in [0.717, 1.165) is 21.3 Å². The van der Waals surface area contributed by atoms with Crippen LogP contribution in [0.5, 0.6) is 0 Å². The molecule has 3 N–H and O–H groups in total. The molecule has 3 aromatic rings. The van der Waals surface area contributed by atoms with Crippen LogP contribution in [0.15, 0.2) is 54.2 Å². The summed E-state index contributed by atoms with van der Waals surface area (Å²) >= 11 is 7.00. The van der Waals surface area contributed by atoms with Crippen molar-refractivity contribution in [2.75, 3.05) is 5.32 Å². The molecule has 0 saturated heterocycles. The minimum Gasteiger partial charge on any atom is -0.348 e. The van der Waals surface area contributed by atoms with Crippen LogP contribution in [-0.4, -0.2) is 9.97 Å². The smallest absolute Gasteiger partial charge is 0.102 e. The van der Waals surface area contributed by atoms with Crippen LogP contribution in [0.4, 0.5) is 5.69 Å². The molecule has 0 aliphatic carbocycles. The zero-order chi connectivity index (χ0) is 13.9. The Hall–Kier alpha value is -1.82. The van der Waals surface area contributed by atoms with Gasteiger partial charge in [-0.25, -0.2) is 0 Å². The number of nitrogens with zero attached hydrogens (tertiary/aromatic N) is 1. The summed E-state index contributed by atoms with van der Waals surface area (Å²) in [6, 6.07) is 11.7. The Labute approximate surface area is 126 Å². The fourth-order valence-corrected chi connectivity index (χ4v) is 3.03. The Balaban J connectivity index is 1.80. The van der Waals surface area contributed by atoms with Crippen LogP contribution in [-0.2, 0) is 0 Å². The molecule has 1 atom stereocenters. The van der Waals surface area contributed by atoms with Gasteiger partial charge in [0, 0.05) is 28.3 Å². The van der Waals surface area contributed by atoms with E-state index < -0.39 is 0 Å². The fraction of sp³-hybridized carbons (Fsp3) is 0.0667. The number of aromatic nitrogens is 1. The van der Waals surface area contributed by atoms with Gasteiger partial charge >= 0.3 is 0 Å². The Morgan fingerprint density at radius 3 is 2.95 bits per heavy atom. The van der Waals surface area contributed by atoms with Gasteiger partial charge in [-0.1, -0.05) is 24.4 Å². The molecule has 0 aliphatic heterocycles. The maximum absolute atomic E-state index is 6.14. The van der Waals surface area contributed by atoms with Crippen molar-refractivity contribution in [1.82, 2.24) is 4.98 Å². The average molecular weight is 299 g/mol. The zero-order valence-electron chi connectivity index (χ0n) is 10.6. The standard InChI is InChI=1S/C15H13N3S2/c16-14(13-2-1-7-20-13)15(19)18-12-4-3-11-9-17-6-5-10(11)8-12/h1-9,14H,16H2,(H,18,19). The van der Waals surface area contributed by atoms with Gasteiger partial charge in [0.2, 0.25) is 0 Å². The van der Waals surface area contributed by atoms with Gasteiger partial charge in [-0.15, -0.1) is 11.3 Å². The van der Waals surface area contributed by atoms with Crippen molar-refractivity contribution in [3.05, 3.63) is 59.0 Å². The minimum atomic E-state index is -0.266. The molecular formula is C15H13N3S2. The van der Waals surface area contributed by atoms with E-state index in [-0.39, 0.29) is 6.04 Å². The Bertz CT molecular complexity index is 738. The predicted octanol–water partition coefficient (Wildman–Crippen LogP) is 3.74. The monoisotopic (exact) mass is 299 g/mol. The van der Waals surface area contributed by atoms with E-state index in [4.69, 9.17) is 18.0 Å². The van der Waals surface area contributed by atoms with Crippen LogP contribution in [0.1, 0.15) is 10.9 Å². The van der Waals surface area contributed by atoms with E-state index in [9.17, 15) is 0 Å². The highest BCUT2D eigenvalue weighted by Crippen LogP contribution is 2.22. The first-order chi connectivity index (χ1) is 9.74. The van der Waals surface area contributed by atoms with Crippen molar-refractivity contribution in [3.8, 4) is 0 Å². The summed E-state index contributed by atoms with van der Waals surface area (Å²) in [5, 5.41) is 7.44. The van der Waals surface area contributed by atoms with Crippen LogP contribution in [0.3, 0.4) is 0 Å². The van der Waals surface area contributed by atoms with E-state index in [1.165, 1.54) is 0 Å². The van der Waals surface area contributed by atoms with Crippen LogP contribution >= 0.6 is 23.6 Å². The van der Waals surface area contributed by atoms with Crippen molar-refractivity contribution in [2.24, 2.45) is 5.73 Å². The van der Waals surface area contributed by atoms with Crippen molar-refractivity contribution >= 4 is 45.0 Å². The molecule has 0 spiro atoms. The Morgan fingerprint density at radius 2 is 2.15 bits per heavy atom. The third-order valence-electron chi connectivity index (χ3n) is 3.04. The van der Waals surface area contributed by atoms with E-state index >= 15 is 0 Å². The van der Waals surface area contributed by atoms with Gasteiger partial charge in [0.25, 0.3) is 0 Å². The van der Waals surface area contributed by atoms with Gasteiger partial charge in [-0.3, -0.25) is 4.98 Å². The summed E-state index contributed by atoms with van der Waals surface area (Å²) in [7, 11) is 0. The summed E-state index contributed by atoms with van der Waals surface area (Å²) in [6.07, 6.45) is 3.62. The first-order valence-corrected chi connectivity index (χ1v) is 7.46. The van der Waals surface area contributed by atoms with Gasteiger partial charge in [0.1, 0.15) is 4.99 Å². The molecule has 0 radical (unpaired) electrons. The van der Waals surface area contributed by atoms with Crippen LogP contribution in [0.2, 0.25) is 0 Å². The lowest BCUT2D eigenvalue weighted by molar-refractivity contribution is 1.00. The number of nitrogens with one attached hydrogen (secondary N) is 1. The highest BCUT2D eigenvalue weighted by Gasteiger charge is 2.12. The molecule has 1 aromatic carbocycles. The number of benzene rings is 1. The van der Waals surface area contributed by atoms with Crippen molar-refractivity contribution in [1.29, 1.82) is 0 Å². The number of fused-ring (bicyclic) bond motifs is 1. The van der Waals surface area contributed by atoms with Crippen LogP contribution < -0.4 is 11.1 Å². The normalized spacial score (nSPS) is 12.2. The predicted molar refractivity (Wildman–Crippen MR) is 89.2 cm³/mol. The van der Waals surface area contributed by atoms with Crippen LogP contribution in [0, 0.1) is 0 Å². The highest BCUT2D eigenvalue weighted by atomic mass is 32.1. The molecule has 0 bridgehead atoms. The molecular weight excluding hydrogens is 286 g/mol. The number of nitrogens with two attached hydrogens (primary N) is 1. The number of rotatable bonds is 3. The van der Waals surface area contributed by atoms with Crippen molar-refractivity contribution in [2.45, 2.75) is 6.04 Å². The number of anilines is 1. The lowest BCUT2D eigenvalue weighted by atomic mass is 10.1. The molecule has 3 nitrogen and oxygen atoms in total. The highest BCUT2D eigenvalue weighted by molar-refractivity contribution is 7.80. The summed E-state index contributed by atoms with van der Waals surface area (Å²) in [4.78, 5) is 5.79. The number of thiophene rings is 1. The Morgan fingerprint density at radius 1 is 1.25 bits per heavy atom. The minimum absolute atomic E-state index is 0.266. The summed E-state index contributed by atoms with van der Waals surface area (Å²) in [5.41, 5.74) is 7.09. The summed E-state index contributed by atoms with van der Waals surface area (Å²) < 4.78 is 0. The third-order valence-corrected chi connectivity index (χ3v) is 4.35. The molecule has 20 heavy (non-hydrogen) atoms. The van der Waals surface area contributed by atoms with Gasteiger partial charge in [0.05, 0.1) is 6.04 Å². The first kappa shape index (κ1) is 13.2. The van der Waals surface area contributed by atoms with E-state index in [0.29, 0.717) is 4.99 Å². The second kappa shape index (κ2) is 5.66. The Kier molecular flexibility index (Phi) is 3.73. The SMILES string of the molecule is NC(C(=S)Nc1ccc2cnccc2c1)c1cccs1. The molecule has 5 heteroatoms. The first-order valence-electron chi connectivity index (χ1n) is 6.18. The topological polar surface area (TPSA) is 50.9 Å². The maximum Gasteiger partial charge on any atom is 0.102 e. The zero-order valence-corrected chi connectivity index (χ0v) is 12.2. The van der Waals surface area contributed by atoms with Gasteiger partial charge in [-0.2, -0.15) is 0 Å². The maximum atomic E-state index is 6.14. The lowest BCUT2D eigenvalue weighted by Gasteiger charge is -2.14. The second-order valence-corrected chi connectivity index (χ2v) is 5.84. The number of thiocarbonyl (C=S) groups is 1. The number of hydrogen-bond donors (Lipinski definition) is 2. The molecule has 0 saturated carbocycles. The lowest BCUT2D eigenvalue weighted by Crippen LogP contribution is -2.25. The van der Waals surface area contributed by atoms with Gasteiger partial charge < -0.3 is 11.1 Å². The molecule has 3 rings (SSSR count). The van der Waals surface area contributed by atoms with E-state index in [1.807, 2.05) is 48.0 Å². The van der Waals surface area contributed by atoms with Gasteiger partial charge in [0.15, 0.2) is 0 Å². The molecule has 0 fully saturated rings.